The summed E-state index contributed by atoms with van der Waals surface area (Å²) in [5, 5.41) is 16.4. The maximum absolute atomic E-state index is 6.03. The Morgan fingerprint density at radius 1 is 1.48 bits per heavy atom. The Kier molecular flexibility index (Phi) is 4.44. The average Bonchev–Trinajstić information content (AvgIpc) is 3.12. The van der Waals surface area contributed by atoms with Gasteiger partial charge in [-0.15, -0.1) is 5.10 Å². The van der Waals surface area contributed by atoms with Gasteiger partial charge < -0.3 is 10.6 Å². The average molecular weight is 351 g/mol. The zero-order valence-corrected chi connectivity index (χ0v) is 13.5. The van der Waals surface area contributed by atoms with Crippen molar-refractivity contribution in [1.82, 2.24) is 29.6 Å². The summed E-state index contributed by atoms with van der Waals surface area (Å²) < 4.78 is 5.48. The highest BCUT2D eigenvalue weighted by Gasteiger charge is 2.13. The summed E-state index contributed by atoms with van der Waals surface area (Å²) in [5.74, 6) is 1.41. The van der Waals surface area contributed by atoms with Gasteiger partial charge in [0.2, 0.25) is 5.84 Å². The third-order valence-corrected chi connectivity index (χ3v) is 3.55. The molecule has 0 unspecified atom stereocenters. The number of aryl methyl sites for hydroxylation is 1. The highest BCUT2D eigenvalue weighted by molar-refractivity contribution is 7.09. The predicted octanol–water partition coefficient (Wildman–Crippen LogP) is 1.50. The van der Waals surface area contributed by atoms with Crippen molar-refractivity contribution in [2.75, 3.05) is 5.73 Å². The number of nitrogens with two attached hydrogens (primary N) is 1. The lowest BCUT2D eigenvalue weighted by molar-refractivity contribution is 0.124. The molecule has 0 bridgehead atoms. The molecule has 0 radical (unpaired) electrons. The topological polar surface area (TPSA) is 117 Å². The monoisotopic (exact) mass is 350 g/mol. The lowest BCUT2D eigenvalue weighted by Crippen LogP contribution is -2.17. The minimum absolute atomic E-state index is 0.0823. The molecule has 0 aliphatic heterocycles. The van der Waals surface area contributed by atoms with E-state index in [1.807, 2.05) is 6.07 Å². The third kappa shape index (κ3) is 3.60. The first-order valence-electron chi connectivity index (χ1n) is 6.43. The summed E-state index contributed by atoms with van der Waals surface area (Å²) in [6.07, 6.45) is 0. The van der Waals surface area contributed by atoms with Crippen molar-refractivity contribution < 1.29 is 4.84 Å². The van der Waals surface area contributed by atoms with Crippen LogP contribution >= 0.6 is 23.1 Å². The second-order valence-electron chi connectivity index (χ2n) is 4.39. The summed E-state index contributed by atoms with van der Waals surface area (Å²) in [6, 6.07) is 7.13. The van der Waals surface area contributed by atoms with Gasteiger partial charge >= 0.3 is 0 Å². The standard InChI is InChI=1S/C12H11ClN8OS/c1-7-16-19-20-21(7)11(8-3-2-4-9(13)5-8)17-22-6-10-15-12(14)23-18-10/h2-5H,6H2,1H3,(H2,14,15,18). The third-order valence-electron chi connectivity index (χ3n) is 2.74. The fourth-order valence-electron chi connectivity index (χ4n) is 1.75. The molecule has 2 heterocycles. The maximum atomic E-state index is 6.03. The van der Waals surface area contributed by atoms with Gasteiger partial charge in [-0.25, -0.2) is 0 Å². The fraction of sp³-hybridized carbons (Fsp3) is 0.167. The number of nitrogens with zero attached hydrogens (tertiary/aromatic N) is 7. The van der Waals surface area contributed by atoms with Crippen LogP contribution in [-0.2, 0) is 11.4 Å². The van der Waals surface area contributed by atoms with Gasteiger partial charge in [0.25, 0.3) is 0 Å². The van der Waals surface area contributed by atoms with E-state index in [1.165, 1.54) is 4.68 Å². The SMILES string of the molecule is Cc1nnnn1C(=NOCc1nsc(N)n1)c1cccc(Cl)c1. The second kappa shape index (κ2) is 6.67. The molecule has 0 atom stereocenters. The fourth-order valence-corrected chi connectivity index (χ4v) is 2.37. The normalized spacial score (nSPS) is 11.7. The molecule has 118 valence electrons. The molecule has 3 aromatic rings. The summed E-state index contributed by atoms with van der Waals surface area (Å²) in [6.45, 7) is 1.84. The Bertz CT molecular complexity index is 845. The van der Waals surface area contributed by atoms with Crippen molar-refractivity contribution in [2.45, 2.75) is 13.5 Å². The van der Waals surface area contributed by atoms with Crippen LogP contribution in [0.4, 0.5) is 5.13 Å². The van der Waals surface area contributed by atoms with Gasteiger partial charge in [-0.1, -0.05) is 28.9 Å². The Morgan fingerprint density at radius 2 is 2.35 bits per heavy atom. The number of hydrogen-bond acceptors (Lipinski definition) is 9. The number of nitrogen functional groups attached to an aromatic ring is 1. The molecule has 0 saturated heterocycles. The smallest absolute Gasteiger partial charge is 0.203 e. The van der Waals surface area contributed by atoms with Gasteiger partial charge in [0, 0.05) is 22.1 Å². The van der Waals surface area contributed by atoms with Crippen LogP contribution in [-0.4, -0.2) is 35.4 Å². The number of hydrogen-bond donors (Lipinski definition) is 1. The van der Waals surface area contributed by atoms with Gasteiger partial charge in [-0.2, -0.15) is 14.0 Å². The molecule has 9 nitrogen and oxygen atoms in total. The molecule has 0 aliphatic carbocycles. The molecule has 23 heavy (non-hydrogen) atoms. The molecule has 0 saturated carbocycles. The number of aromatic nitrogens is 6. The number of tetrazole rings is 1. The van der Waals surface area contributed by atoms with Crippen LogP contribution in [0.2, 0.25) is 5.02 Å². The van der Waals surface area contributed by atoms with E-state index < -0.39 is 0 Å². The van der Waals surface area contributed by atoms with E-state index in [1.54, 1.807) is 25.1 Å². The van der Waals surface area contributed by atoms with Crippen LogP contribution in [0.3, 0.4) is 0 Å². The number of halogens is 1. The van der Waals surface area contributed by atoms with E-state index in [4.69, 9.17) is 22.2 Å². The van der Waals surface area contributed by atoms with E-state index in [-0.39, 0.29) is 6.61 Å². The van der Waals surface area contributed by atoms with Crippen molar-refractivity contribution in [1.29, 1.82) is 0 Å². The zero-order valence-electron chi connectivity index (χ0n) is 11.9. The molecule has 2 N–H and O–H groups in total. The van der Waals surface area contributed by atoms with Crippen LogP contribution < -0.4 is 5.73 Å². The van der Waals surface area contributed by atoms with Crippen LogP contribution in [0.1, 0.15) is 17.2 Å². The van der Waals surface area contributed by atoms with Crippen LogP contribution in [0.15, 0.2) is 29.4 Å². The quantitative estimate of drug-likeness (QED) is 0.430. The number of oxime groups is 1. The Balaban J connectivity index is 1.89. The highest BCUT2D eigenvalue weighted by atomic mass is 35.5. The van der Waals surface area contributed by atoms with E-state index in [0.717, 1.165) is 11.5 Å². The van der Waals surface area contributed by atoms with Crippen molar-refractivity contribution in [3.05, 3.63) is 46.5 Å². The van der Waals surface area contributed by atoms with E-state index >= 15 is 0 Å². The van der Waals surface area contributed by atoms with Gasteiger partial charge in [-0.3, -0.25) is 0 Å². The van der Waals surface area contributed by atoms with Crippen LogP contribution in [0.25, 0.3) is 0 Å². The second-order valence-corrected chi connectivity index (χ2v) is 5.61. The Labute approximate surface area is 139 Å². The van der Waals surface area contributed by atoms with Crippen molar-refractivity contribution in [3.63, 3.8) is 0 Å². The van der Waals surface area contributed by atoms with Gasteiger partial charge in [-0.05, 0) is 29.5 Å². The van der Waals surface area contributed by atoms with Crippen molar-refractivity contribution in [2.24, 2.45) is 5.16 Å². The zero-order chi connectivity index (χ0) is 16.2. The van der Waals surface area contributed by atoms with Crippen LogP contribution in [0, 0.1) is 6.92 Å². The van der Waals surface area contributed by atoms with Crippen molar-refractivity contribution in [3.8, 4) is 0 Å². The molecule has 2 aromatic heterocycles. The van der Waals surface area contributed by atoms with Gasteiger partial charge in [0.05, 0.1) is 0 Å². The summed E-state index contributed by atoms with van der Waals surface area (Å²) >= 11 is 7.13. The summed E-state index contributed by atoms with van der Waals surface area (Å²) in [4.78, 5) is 9.32. The van der Waals surface area contributed by atoms with Crippen molar-refractivity contribution >= 4 is 34.1 Å². The number of anilines is 1. The maximum Gasteiger partial charge on any atom is 0.203 e. The summed E-state index contributed by atoms with van der Waals surface area (Å²) in [5.41, 5.74) is 6.23. The lowest BCUT2D eigenvalue weighted by atomic mass is 10.2. The first-order chi connectivity index (χ1) is 11.1. The predicted molar refractivity (Wildman–Crippen MR) is 85.1 cm³/mol. The number of benzene rings is 1. The molecule has 0 aliphatic rings. The summed E-state index contributed by atoms with van der Waals surface area (Å²) in [7, 11) is 0. The molecule has 3 rings (SSSR count). The van der Waals surface area contributed by atoms with Gasteiger partial charge in [0.15, 0.2) is 23.4 Å². The largest absolute Gasteiger partial charge is 0.386 e. The first-order valence-corrected chi connectivity index (χ1v) is 7.58. The van der Waals surface area contributed by atoms with Gasteiger partial charge in [0.1, 0.15) is 0 Å². The van der Waals surface area contributed by atoms with E-state index in [2.05, 4.69) is 30.0 Å². The highest BCUT2D eigenvalue weighted by Crippen LogP contribution is 2.13. The molecule has 0 fully saturated rings. The van der Waals surface area contributed by atoms with Crippen LogP contribution in [0.5, 0.6) is 0 Å². The lowest BCUT2D eigenvalue weighted by Gasteiger charge is -2.07. The molecular weight excluding hydrogens is 340 g/mol. The first kappa shape index (κ1) is 15.3. The molecule has 1 aromatic carbocycles. The minimum Gasteiger partial charge on any atom is -0.386 e. The molecule has 0 amide bonds. The van der Waals surface area contributed by atoms with E-state index in [0.29, 0.717) is 33.2 Å². The molecule has 11 heteroatoms. The Morgan fingerprint density at radius 3 is 3.00 bits per heavy atom. The molecular formula is C12H11ClN8OS. The number of rotatable bonds is 4. The molecule has 0 spiro atoms. The minimum atomic E-state index is 0.0823. The van der Waals surface area contributed by atoms with E-state index in [9.17, 15) is 0 Å². The Hall–Kier alpha value is -2.59.